The first-order valence-corrected chi connectivity index (χ1v) is 16.2. The fourth-order valence-electron chi connectivity index (χ4n) is 7.37. The number of benzene rings is 2. The lowest BCUT2D eigenvalue weighted by atomic mass is 9.66. The fraction of sp³-hybridized carbons (Fsp3) is 0.485. The molecule has 3 aromatic rings. The number of rotatable bonds is 7. The minimum Gasteiger partial charge on any atom is -0.493 e. The second-order valence-electron chi connectivity index (χ2n) is 12.0. The Labute approximate surface area is 273 Å². The zero-order chi connectivity index (χ0) is 32.4. The van der Waals surface area contributed by atoms with Gasteiger partial charge in [-0.15, -0.1) is 11.3 Å². The Hall–Kier alpha value is -3.63. The highest BCUT2D eigenvalue weighted by Gasteiger charge is 2.56. The molecule has 0 saturated carbocycles. The average Bonchev–Trinajstić information content (AvgIpc) is 3.87. The van der Waals surface area contributed by atoms with Gasteiger partial charge in [0, 0.05) is 11.8 Å². The van der Waals surface area contributed by atoms with Gasteiger partial charge in [-0.3, -0.25) is 4.79 Å². The minimum absolute atomic E-state index is 0.0413. The first kappa shape index (κ1) is 30.7. The Bertz CT molecular complexity index is 1620. The first-order chi connectivity index (χ1) is 22.9. The molecule has 8 rings (SSSR count). The lowest BCUT2D eigenvalue weighted by molar-refractivity contribution is -0.368. The largest absolute Gasteiger partial charge is 0.493 e. The standard InChI is InChI=1S/C33H34O13S/c1-37-20-7-14(8-21(38-2)29(20)39-3)24-15-9-18-19(43-13-42-18)10-16(15)28(17-11-40-31(36)25(17)24)45-33-27(35)26(34)30-22(44-33)12-41-32(46-30)23-5-4-6-47-23/h4-10,17,22,24-28,30,32-35H,11-13H2,1-3H3/t17-,22+,24+,25-,26+,27+,28-,30+,32?,33+/m0/s1. The average molecular weight is 671 g/mol. The molecule has 3 fully saturated rings. The van der Waals surface area contributed by atoms with Gasteiger partial charge in [0.2, 0.25) is 12.5 Å². The van der Waals surface area contributed by atoms with E-state index in [1.807, 2.05) is 41.8 Å². The number of cyclic esters (lactones) is 1. The SMILES string of the molecule is COc1cc([C@@H]2c3cc4c(cc3[C@H](O[C@H]3O[C@@H]5COC(c6cccs6)O[C@H]5[C@H](O)[C@H]3O)[C@H]3COC(=O)[C@H]23)OCO4)cc(OC)c1OC. The quantitative estimate of drug-likeness (QED) is 0.355. The van der Waals surface area contributed by atoms with Crippen molar-refractivity contribution < 1.29 is 62.4 Å². The first-order valence-electron chi connectivity index (χ1n) is 15.3. The van der Waals surface area contributed by atoms with Crippen molar-refractivity contribution in [1.82, 2.24) is 0 Å². The van der Waals surface area contributed by atoms with E-state index in [-0.39, 0.29) is 20.0 Å². The molecule has 2 N–H and O–H groups in total. The lowest BCUT2D eigenvalue weighted by Gasteiger charge is -2.48. The molecule has 4 aliphatic heterocycles. The molecule has 0 radical (unpaired) electrons. The van der Waals surface area contributed by atoms with Crippen molar-refractivity contribution in [2.75, 3.05) is 41.3 Å². The molecule has 10 atom stereocenters. The summed E-state index contributed by atoms with van der Waals surface area (Å²) in [5.74, 6) is 0.229. The van der Waals surface area contributed by atoms with E-state index in [0.29, 0.717) is 34.3 Å². The van der Waals surface area contributed by atoms with Crippen LogP contribution in [0.3, 0.4) is 0 Å². The molecule has 250 valence electrons. The van der Waals surface area contributed by atoms with Crippen LogP contribution >= 0.6 is 11.3 Å². The van der Waals surface area contributed by atoms with E-state index in [0.717, 1.165) is 16.0 Å². The smallest absolute Gasteiger partial charge is 0.310 e. The maximum Gasteiger partial charge on any atom is 0.310 e. The van der Waals surface area contributed by atoms with E-state index in [1.165, 1.54) is 32.7 Å². The Morgan fingerprint density at radius 2 is 1.62 bits per heavy atom. The van der Waals surface area contributed by atoms with E-state index in [2.05, 4.69) is 0 Å². The molecule has 0 amide bonds. The van der Waals surface area contributed by atoms with Crippen LogP contribution < -0.4 is 23.7 Å². The van der Waals surface area contributed by atoms with Crippen LogP contribution in [0.2, 0.25) is 0 Å². The Morgan fingerprint density at radius 1 is 0.872 bits per heavy atom. The van der Waals surface area contributed by atoms with Crippen LogP contribution in [0, 0.1) is 11.8 Å². The molecular weight excluding hydrogens is 636 g/mol. The van der Waals surface area contributed by atoms with Gasteiger partial charge in [-0.2, -0.15) is 0 Å². The zero-order valence-electron chi connectivity index (χ0n) is 25.7. The molecule has 5 heterocycles. The number of esters is 1. The number of fused-ring (bicyclic) bond motifs is 4. The van der Waals surface area contributed by atoms with Crippen LogP contribution in [0.5, 0.6) is 28.7 Å². The van der Waals surface area contributed by atoms with Crippen LogP contribution in [0.4, 0.5) is 0 Å². The van der Waals surface area contributed by atoms with Crippen LogP contribution in [0.15, 0.2) is 41.8 Å². The monoisotopic (exact) mass is 670 g/mol. The number of ether oxygens (including phenoxy) is 10. The number of aliphatic hydroxyl groups is 2. The summed E-state index contributed by atoms with van der Waals surface area (Å²) in [5, 5.41) is 24.5. The van der Waals surface area contributed by atoms with E-state index in [9.17, 15) is 15.0 Å². The third-order valence-corrected chi connectivity index (χ3v) is 10.4. The van der Waals surface area contributed by atoms with Gasteiger partial charge < -0.3 is 57.6 Å². The maximum atomic E-state index is 13.6. The molecule has 5 aliphatic rings. The molecular formula is C33H34O13S. The normalized spacial score (nSPS) is 33.8. The summed E-state index contributed by atoms with van der Waals surface area (Å²) >= 11 is 1.47. The Morgan fingerprint density at radius 3 is 2.30 bits per heavy atom. The highest BCUT2D eigenvalue weighted by molar-refractivity contribution is 7.10. The van der Waals surface area contributed by atoms with Gasteiger partial charge in [0.15, 0.2) is 35.6 Å². The van der Waals surface area contributed by atoms with Crippen LogP contribution in [-0.4, -0.2) is 88.2 Å². The molecule has 0 spiro atoms. The summed E-state index contributed by atoms with van der Waals surface area (Å²) in [6.45, 7) is 0.225. The van der Waals surface area contributed by atoms with Crippen molar-refractivity contribution in [1.29, 1.82) is 0 Å². The fourth-order valence-corrected chi connectivity index (χ4v) is 8.08. The van der Waals surface area contributed by atoms with Crippen LogP contribution in [0.25, 0.3) is 0 Å². The molecule has 47 heavy (non-hydrogen) atoms. The summed E-state index contributed by atoms with van der Waals surface area (Å²) in [5.41, 5.74) is 2.17. The number of hydrogen-bond donors (Lipinski definition) is 2. The highest BCUT2D eigenvalue weighted by atomic mass is 32.1. The van der Waals surface area contributed by atoms with Gasteiger partial charge in [0.05, 0.1) is 51.4 Å². The molecule has 1 aromatic heterocycles. The molecule has 0 bridgehead atoms. The van der Waals surface area contributed by atoms with E-state index >= 15 is 0 Å². The summed E-state index contributed by atoms with van der Waals surface area (Å²) in [4.78, 5) is 14.4. The zero-order valence-corrected chi connectivity index (χ0v) is 26.5. The topological polar surface area (TPSA) is 150 Å². The molecule has 1 unspecified atom stereocenters. The van der Waals surface area contributed by atoms with Crippen molar-refractivity contribution in [2.45, 2.75) is 49.0 Å². The maximum absolute atomic E-state index is 13.6. The number of hydrogen-bond acceptors (Lipinski definition) is 14. The van der Waals surface area contributed by atoms with Crippen molar-refractivity contribution in [3.8, 4) is 28.7 Å². The summed E-state index contributed by atoms with van der Waals surface area (Å²) in [6, 6.07) is 11.1. The van der Waals surface area contributed by atoms with Crippen molar-refractivity contribution >= 4 is 17.3 Å². The van der Waals surface area contributed by atoms with Crippen molar-refractivity contribution in [2.24, 2.45) is 11.8 Å². The summed E-state index contributed by atoms with van der Waals surface area (Å²) < 4.78 is 58.8. The number of aliphatic hydroxyl groups excluding tert-OH is 2. The van der Waals surface area contributed by atoms with Crippen LogP contribution in [-0.2, 0) is 28.5 Å². The second-order valence-corrected chi connectivity index (χ2v) is 12.9. The van der Waals surface area contributed by atoms with Gasteiger partial charge in [-0.25, -0.2) is 0 Å². The van der Waals surface area contributed by atoms with Gasteiger partial charge in [-0.05, 0) is 52.4 Å². The third-order valence-electron chi connectivity index (χ3n) is 9.55. The van der Waals surface area contributed by atoms with Gasteiger partial charge in [0.25, 0.3) is 0 Å². The lowest BCUT2D eigenvalue weighted by Crippen LogP contribution is -2.62. The third kappa shape index (κ3) is 5.01. The predicted octanol–water partition coefficient (Wildman–Crippen LogP) is 3.06. The van der Waals surface area contributed by atoms with Crippen molar-refractivity contribution in [3.63, 3.8) is 0 Å². The molecule has 3 saturated heterocycles. The predicted molar refractivity (Wildman–Crippen MR) is 161 cm³/mol. The van der Waals surface area contributed by atoms with E-state index in [1.54, 1.807) is 0 Å². The molecule has 1 aliphatic carbocycles. The number of thiophene rings is 1. The number of carbonyl (C=O) groups excluding carboxylic acids is 1. The van der Waals surface area contributed by atoms with Crippen LogP contribution in [0.1, 0.15) is 39.9 Å². The van der Waals surface area contributed by atoms with Gasteiger partial charge >= 0.3 is 5.97 Å². The number of methoxy groups -OCH3 is 3. The Kier molecular flexibility index (Phi) is 7.91. The molecule has 14 heteroatoms. The van der Waals surface area contributed by atoms with Gasteiger partial charge in [-0.1, -0.05) is 6.07 Å². The molecule has 13 nitrogen and oxygen atoms in total. The minimum atomic E-state index is -1.46. The second kappa shape index (κ2) is 12.1. The van der Waals surface area contributed by atoms with E-state index < -0.39 is 66.8 Å². The number of carbonyl (C=O) groups is 1. The summed E-state index contributed by atoms with van der Waals surface area (Å²) in [6.07, 6.45) is -7.07. The Balaban J connectivity index is 1.16. The highest BCUT2D eigenvalue weighted by Crippen LogP contribution is 2.57. The van der Waals surface area contributed by atoms with E-state index in [4.69, 9.17) is 47.4 Å². The summed E-state index contributed by atoms with van der Waals surface area (Å²) in [7, 11) is 4.59. The molecule has 2 aromatic carbocycles. The van der Waals surface area contributed by atoms with Crippen molar-refractivity contribution in [3.05, 3.63) is 63.3 Å². The van der Waals surface area contributed by atoms with Gasteiger partial charge in [0.1, 0.15) is 24.4 Å².